The zero-order valence-electron chi connectivity index (χ0n) is 14.1. The largest absolute Gasteiger partial charge is 0.482 e. The van der Waals surface area contributed by atoms with Crippen molar-refractivity contribution in [2.75, 3.05) is 30.3 Å². The molecule has 26 heavy (non-hydrogen) atoms. The van der Waals surface area contributed by atoms with Gasteiger partial charge in [0, 0.05) is 23.1 Å². The number of hydrogen-bond acceptors (Lipinski definition) is 4. The maximum Gasteiger partial charge on any atom is 0.265 e. The van der Waals surface area contributed by atoms with Crippen LogP contribution in [0.4, 0.5) is 5.69 Å². The zero-order valence-corrected chi connectivity index (χ0v) is 15.7. The van der Waals surface area contributed by atoms with E-state index in [0.29, 0.717) is 23.0 Å². The molecule has 0 aromatic heterocycles. The Morgan fingerprint density at radius 1 is 1.23 bits per heavy atom. The van der Waals surface area contributed by atoms with E-state index in [2.05, 4.69) is 17.4 Å². The van der Waals surface area contributed by atoms with Gasteiger partial charge in [0.15, 0.2) is 6.61 Å². The van der Waals surface area contributed by atoms with Crippen LogP contribution >= 0.6 is 23.4 Å². The van der Waals surface area contributed by atoms with E-state index in [1.165, 1.54) is 10.5 Å². The van der Waals surface area contributed by atoms with E-state index in [9.17, 15) is 9.59 Å². The van der Waals surface area contributed by atoms with Crippen LogP contribution in [0.3, 0.4) is 0 Å². The number of fused-ring (bicyclic) bond motifs is 1. The van der Waals surface area contributed by atoms with Crippen molar-refractivity contribution in [1.29, 1.82) is 0 Å². The molecule has 0 atom stereocenters. The molecule has 0 fully saturated rings. The van der Waals surface area contributed by atoms with Crippen molar-refractivity contribution in [1.82, 2.24) is 5.32 Å². The van der Waals surface area contributed by atoms with Crippen LogP contribution in [-0.4, -0.2) is 37.3 Å². The van der Waals surface area contributed by atoms with Crippen molar-refractivity contribution >= 4 is 40.9 Å². The molecule has 2 aromatic rings. The van der Waals surface area contributed by atoms with Gasteiger partial charge < -0.3 is 10.1 Å². The molecule has 0 saturated carbocycles. The minimum Gasteiger partial charge on any atom is -0.482 e. The smallest absolute Gasteiger partial charge is 0.265 e. The third-order valence-electron chi connectivity index (χ3n) is 3.85. The molecular formula is C19H19ClN2O3S. The third kappa shape index (κ3) is 4.93. The predicted molar refractivity (Wildman–Crippen MR) is 105 cm³/mol. The average molecular weight is 391 g/mol. The lowest BCUT2D eigenvalue weighted by atomic mass is 10.2. The highest BCUT2D eigenvalue weighted by atomic mass is 35.5. The number of ether oxygens (including phenoxy) is 1. The summed E-state index contributed by atoms with van der Waals surface area (Å²) in [4.78, 5) is 25.7. The number of carbonyl (C=O) groups is 2. The molecule has 2 amide bonds. The van der Waals surface area contributed by atoms with Gasteiger partial charge in [-0.25, -0.2) is 0 Å². The lowest BCUT2D eigenvalue weighted by Gasteiger charge is -2.29. The summed E-state index contributed by atoms with van der Waals surface area (Å²) in [7, 11) is 0. The topological polar surface area (TPSA) is 58.6 Å². The number of nitrogens with zero attached hydrogens (tertiary/aromatic N) is 1. The lowest BCUT2D eigenvalue weighted by Crippen LogP contribution is -2.45. The van der Waals surface area contributed by atoms with Gasteiger partial charge in [-0.05, 0) is 23.8 Å². The molecule has 1 N–H and O–H groups in total. The maximum absolute atomic E-state index is 12.2. The summed E-state index contributed by atoms with van der Waals surface area (Å²) in [6, 6.07) is 15.2. The molecule has 0 aliphatic carbocycles. The monoisotopic (exact) mass is 390 g/mol. The molecule has 0 unspecified atom stereocenters. The predicted octanol–water partition coefficient (Wildman–Crippen LogP) is 3.12. The SMILES string of the molecule is O=C(CN1C(=O)COc2ccc(Cl)cc21)NCCSCc1ccccc1. The first-order valence-corrected chi connectivity index (χ1v) is 9.78. The summed E-state index contributed by atoms with van der Waals surface area (Å²) in [6.45, 7) is 0.436. The van der Waals surface area contributed by atoms with Gasteiger partial charge in [-0.15, -0.1) is 0 Å². The highest BCUT2D eigenvalue weighted by molar-refractivity contribution is 7.98. The third-order valence-corrected chi connectivity index (χ3v) is 5.11. The number of carbonyl (C=O) groups excluding carboxylic acids is 2. The summed E-state index contributed by atoms with van der Waals surface area (Å²) < 4.78 is 5.37. The first kappa shape index (κ1) is 18.6. The van der Waals surface area contributed by atoms with Crippen LogP contribution in [0, 0.1) is 0 Å². The number of benzene rings is 2. The van der Waals surface area contributed by atoms with Gasteiger partial charge in [0.2, 0.25) is 5.91 Å². The van der Waals surface area contributed by atoms with Crippen molar-refractivity contribution in [3.63, 3.8) is 0 Å². The Balaban J connectivity index is 1.46. The van der Waals surface area contributed by atoms with Crippen LogP contribution in [0.2, 0.25) is 5.02 Å². The van der Waals surface area contributed by atoms with E-state index in [4.69, 9.17) is 16.3 Å². The molecule has 0 bridgehead atoms. The minimum absolute atomic E-state index is 0.0428. The van der Waals surface area contributed by atoms with Crippen molar-refractivity contribution in [3.05, 3.63) is 59.1 Å². The van der Waals surface area contributed by atoms with Gasteiger partial charge in [0.1, 0.15) is 12.3 Å². The Morgan fingerprint density at radius 3 is 2.85 bits per heavy atom. The molecule has 1 aliphatic heterocycles. The van der Waals surface area contributed by atoms with Crippen LogP contribution in [0.15, 0.2) is 48.5 Å². The summed E-state index contributed by atoms with van der Waals surface area (Å²) in [6.07, 6.45) is 0. The molecule has 1 aliphatic rings. The van der Waals surface area contributed by atoms with Gasteiger partial charge in [-0.3, -0.25) is 14.5 Å². The minimum atomic E-state index is -0.256. The number of nitrogens with one attached hydrogen (secondary N) is 1. The Hall–Kier alpha value is -2.18. The van der Waals surface area contributed by atoms with Crippen molar-refractivity contribution in [3.8, 4) is 5.75 Å². The van der Waals surface area contributed by atoms with E-state index < -0.39 is 0 Å². The molecule has 1 heterocycles. The second-order valence-electron chi connectivity index (χ2n) is 5.77. The summed E-state index contributed by atoms with van der Waals surface area (Å²) in [5, 5.41) is 3.35. The van der Waals surface area contributed by atoms with Crippen LogP contribution in [-0.2, 0) is 15.3 Å². The lowest BCUT2D eigenvalue weighted by molar-refractivity contribution is -0.125. The van der Waals surface area contributed by atoms with Gasteiger partial charge in [0.05, 0.1) is 5.69 Å². The molecule has 0 radical (unpaired) electrons. The van der Waals surface area contributed by atoms with Crippen LogP contribution in [0.5, 0.6) is 5.75 Å². The second kappa shape index (κ2) is 8.96. The van der Waals surface area contributed by atoms with Crippen LogP contribution in [0.1, 0.15) is 5.56 Å². The van der Waals surface area contributed by atoms with Gasteiger partial charge in [-0.2, -0.15) is 11.8 Å². The van der Waals surface area contributed by atoms with Gasteiger partial charge >= 0.3 is 0 Å². The van der Waals surface area contributed by atoms with Crippen molar-refractivity contribution < 1.29 is 14.3 Å². The van der Waals surface area contributed by atoms with Gasteiger partial charge in [0.25, 0.3) is 5.91 Å². The molecule has 0 spiro atoms. The number of thioether (sulfide) groups is 1. The summed E-state index contributed by atoms with van der Waals surface area (Å²) in [5.74, 6) is 1.81. The summed E-state index contributed by atoms with van der Waals surface area (Å²) in [5.41, 5.74) is 1.79. The Labute approximate surface area is 161 Å². The molecule has 2 aromatic carbocycles. The van der Waals surface area contributed by atoms with Crippen LogP contribution < -0.4 is 15.0 Å². The van der Waals surface area contributed by atoms with Crippen LogP contribution in [0.25, 0.3) is 0 Å². The quantitative estimate of drug-likeness (QED) is 0.738. The number of hydrogen-bond donors (Lipinski definition) is 1. The Bertz CT molecular complexity index is 786. The highest BCUT2D eigenvalue weighted by Gasteiger charge is 2.27. The zero-order chi connectivity index (χ0) is 18.4. The number of amides is 2. The molecule has 3 rings (SSSR count). The molecule has 0 saturated heterocycles. The normalized spacial score (nSPS) is 13.1. The van der Waals surface area contributed by atoms with E-state index in [1.807, 2.05) is 18.2 Å². The fourth-order valence-electron chi connectivity index (χ4n) is 2.58. The Morgan fingerprint density at radius 2 is 2.04 bits per heavy atom. The van der Waals surface area contributed by atoms with E-state index in [1.54, 1.807) is 30.0 Å². The van der Waals surface area contributed by atoms with Crippen molar-refractivity contribution in [2.45, 2.75) is 5.75 Å². The second-order valence-corrected chi connectivity index (χ2v) is 7.31. The number of rotatable bonds is 7. The number of anilines is 1. The van der Waals surface area contributed by atoms with Crippen molar-refractivity contribution in [2.24, 2.45) is 0 Å². The highest BCUT2D eigenvalue weighted by Crippen LogP contribution is 2.34. The van der Waals surface area contributed by atoms with Gasteiger partial charge in [-0.1, -0.05) is 41.9 Å². The number of halogens is 1. The molecule has 136 valence electrons. The fourth-order valence-corrected chi connectivity index (χ4v) is 3.56. The maximum atomic E-state index is 12.2. The van der Waals surface area contributed by atoms with E-state index in [0.717, 1.165) is 11.5 Å². The summed E-state index contributed by atoms with van der Waals surface area (Å²) >= 11 is 7.75. The Kier molecular flexibility index (Phi) is 6.41. The average Bonchev–Trinajstić information content (AvgIpc) is 2.65. The van der Waals surface area contributed by atoms with E-state index in [-0.39, 0.29) is 25.0 Å². The molecular weight excluding hydrogens is 372 g/mol. The molecule has 5 nitrogen and oxygen atoms in total. The first-order chi connectivity index (χ1) is 12.6. The van der Waals surface area contributed by atoms with E-state index >= 15 is 0 Å². The fraction of sp³-hybridized carbons (Fsp3) is 0.263. The first-order valence-electron chi connectivity index (χ1n) is 8.24. The molecule has 7 heteroatoms. The standard InChI is InChI=1S/C19H19ClN2O3S/c20-15-6-7-17-16(10-15)22(19(24)12-25-17)11-18(23)21-8-9-26-13-14-4-2-1-3-5-14/h1-7,10H,8-9,11-13H2,(H,21,23).